The molecule has 6 heterocycles. The van der Waals surface area contributed by atoms with Crippen LogP contribution in [-0.2, 0) is 5.41 Å². The number of piperidine rings is 2. The van der Waals surface area contributed by atoms with Gasteiger partial charge in [0.05, 0.1) is 34.8 Å². The Labute approximate surface area is 428 Å². The van der Waals surface area contributed by atoms with E-state index in [1.54, 1.807) is 48.8 Å². The van der Waals surface area contributed by atoms with Crippen molar-refractivity contribution in [3.8, 4) is 11.4 Å². The van der Waals surface area contributed by atoms with Crippen LogP contribution in [0.4, 0.5) is 8.78 Å². The van der Waals surface area contributed by atoms with Gasteiger partial charge in [0.15, 0.2) is 0 Å². The molecule has 14 rings (SSSR count). The van der Waals surface area contributed by atoms with E-state index in [1.165, 1.54) is 52.9 Å². The van der Waals surface area contributed by atoms with Crippen LogP contribution in [-0.4, -0.2) is 77.3 Å². The molecule has 10 aromatic rings. The molecule has 12 heteroatoms. The summed E-state index contributed by atoms with van der Waals surface area (Å²) in [4.78, 5) is 37.5. The van der Waals surface area contributed by atoms with Gasteiger partial charge in [0.25, 0.3) is 11.8 Å². The second-order valence-corrected chi connectivity index (χ2v) is 19.6. The third kappa shape index (κ3) is 9.70. The second kappa shape index (κ2) is 20.5. The van der Waals surface area contributed by atoms with E-state index < -0.39 is 0 Å². The number of halogens is 2. The van der Waals surface area contributed by atoms with Gasteiger partial charge in [-0.1, -0.05) is 91.0 Å². The van der Waals surface area contributed by atoms with Crippen LogP contribution in [0, 0.1) is 43.2 Å². The van der Waals surface area contributed by atoms with Crippen molar-refractivity contribution < 1.29 is 18.4 Å². The molecule has 4 fully saturated rings. The Balaban J connectivity index is 0.000000130. The van der Waals surface area contributed by atoms with Gasteiger partial charge in [-0.2, -0.15) is 10.2 Å². The highest BCUT2D eigenvalue weighted by Gasteiger charge is 2.71. The number of likely N-dealkylation sites (tertiary alicyclic amines) is 2. The van der Waals surface area contributed by atoms with Crippen molar-refractivity contribution in [1.29, 1.82) is 0 Å². The zero-order valence-corrected chi connectivity index (χ0v) is 41.1. The van der Waals surface area contributed by atoms with E-state index in [4.69, 9.17) is 0 Å². The van der Waals surface area contributed by atoms with Crippen LogP contribution in [0.15, 0.2) is 207 Å². The number of hydrogen-bond donors (Lipinski definition) is 0. The number of amides is 2. The first-order valence-electron chi connectivity index (χ1n) is 25.1. The van der Waals surface area contributed by atoms with Crippen LogP contribution in [0.5, 0.6) is 0 Å². The monoisotopic (exact) mass is 980 g/mol. The fourth-order valence-corrected chi connectivity index (χ4v) is 11.1. The smallest absolute Gasteiger partial charge is 0.272 e. The minimum absolute atomic E-state index is 0.0122. The van der Waals surface area contributed by atoms with Crippen molar-refractivity contribution in [2.45, 2.75) is 31.6 Å². The normalized spacial score (nSPS) is 19.7. The van der Waals surface area contributed by atoms with Crippen LogP contribution < -0.4 is 0 Å². The van der Waals surface area contributed by atoms with Crippen LogP contribution in [0.25, 0.3) is 33.2 Å². The summed E-state index contributed by atoms with van der Waals surface area (Å²) in [6.45, 7) is 7.44. The maximum atomic E-state index is 13.5. The zero-order chi connectivity index (χ0) is 50.8. The Hall–Kier alpha value is -8.64. The molecule has 0 bridgehead atoms. The van der Waals surface area contributed by atoms with Crippen molar-refractivity contribution in [3.63, 3.8) is 0 Å². The maximum Gasteiger partial charge on any atom is 0.272 e. The minimum Gasteiger partial charge on any atom is -0.337 e. The van der Waals surface area contributed by atoms with Crippen LogP contribution in [0.1, 0.15) is 55.6 Å². The van der Waals surface area contributed by atoms with Crippen molar-refractivity contribution >= 4 is 33.6 Å². The van der Waals surface area contributed by atoms with Gasteiger partial charge in [0.1, 0.15) is 23.0 Å². The van der Waals surface area contributed by atoms with E-state index in [0.29, 0.717) is 36.3 Å². The van der Waals surface area contributed by atoms with Crippen molar-refractivity contribution in [3.05, 3.63) is 252 Å². The number of carbonyl (C=O) groups excluding carboxylic acids is 2. The second-order valence-electron chi connectivity index (χ2n) is 19.6. The summed E-state index contributed by atoms with van der Waals surface area (Å²) < 4.78 is 30.0. The topological polar surface area (TPSA) is 102 Å². The van der Waals surface area contributed by atoms with Crippen LogP contribution >= 0.6 is 0 Å². The summed E-state index contributed by atoms with van der Waals surface area (Å²) >= 11 is 0. The summed E-state index contributed by atoms with van der Waals surface area (Å²) in [5.74, 6) is 1.86. The molecule has 10 nitrogen and oxygen atoms in total. The van der Waals surface area contributed by atoms with Crippen molar-refractivity contribution in [1.82, 2.24) is 39.3 Å². The molecule has 0 N–H and O–H groups in total. The molecule has 368 valence electrons. The van der Waals surface area contributed by atoms with E-state index >= 15 is 0 Å². The highest BCUT2D eigenvalue weighted by Crippen LogP contribution is 2.70. The quantitative estimate of drug-likeness (QED) is 0.164. The Morgan fingerprint density at radius 1 is 0.541 bits per heavy atom. The first-order valence-corrected chi connectivity index (χ1v) is 25.1. The molecule has 0 radical (unpaired) electrons. The van der Waals surface area contributed by atoms with E-state index in [9.17, 15) is 18.4 Å². The lowest BCUT2D eigenvalue weighted by Gasteiger charge is -2.25. The predicted octanol–water partition coefficient (Wildman–Crippen LogP) is 12.0. The standard InChI is InChI=1S/C31H25FN4O.C14H11FN2.C11H12N2O.C6H6/c1-20-15-28-22(17-34-36(28)24-12-10-23(32)11-13-24)16-25(20)31-19-35(30(37)27-9-5-6-14-33-27)18-26(31)29(31)21-7-3-2-4-8-21;1-10-2-3-11-9-16-17(14(11)8-10)13-6-4-12(15)5-7-13;14-11(10-3-1-2-4-12-10)13-6-8-5-9(8)7-13;1-2-4-6-5-3-1/h2-17,26,29H,18-19H2,1H3;2-9H,1H3;1-4,8-9H,5-7H2;1-6H. The molecular weight excluding hydrogens is 927 g/mol. The van der Waals surface area contributed by atoms with Gasteiger partial charge in [-0.05, 0) is 151 Å². The zero-order valence-electron chi connectivity index (χ0n) is 41.1. The van der Waals surface area contributed by atoms with Gasteiger partial charge < -0.3 is 9.80 Å². The molecule has 2 saturated heterocycles. The Bertz CT molecular complexity index is 3520. The van der Waals surface area contributed by atoms with E-state index in [0.717, 1.165) is 58.1 Å². The summed E-state index contributed by atoms with van der Waals surface area (Å²) in [6, 6.07) is 56.9. The molecule has 5 unspecified atom stereocenters. The predicted molar refractivity (Wildman–Crippen MR) is 284 cm³/mol. The number of hydrogen-bond acceptors (Lipinski definition) is 6. The Morgan fingerprint density at radius 3 is 1.61 bits per heavy atom. The number of benzene rings is 6. The number of aryl methyl sites for hydroxylation is 2. The summed E-state index contributed by atoms with van der Waals surface area (Å²) in [5, 5.41) is 11.1. The first kappa shape index (κ1) is 47.7. The molecule has 2 amide bonds. The highest BCUT2D eigenvalue weighted by atomic mass is 19.1. The molecule has 6 aromatic carbocycles. The molecule has 74 heavy (non-hydrogen) atoms. The van der Waals surface area contributed by atoms with E-state index in [2.05, 4.69) is 75.6 Å². The lowest BCUT2D eigenvalue weighted by Crippen LogP contribution is -2.35. The number of aromatic nitrogens is 6. The lowest BCUT2D eigenvalue weighted by molar-refractivity contribution is 0.0758. The third-order valence-electron chi connectivity index (χ3n) is 14.8. The molecular formula is C62H54F2N8O2. The third-order valence-corrected chi connectivity index (χ3v) is 14.8. The van der Waals surface area contributed by atoms with Crippen molar-refractivity contribution in [2.24, 2.45) is 17.8 Å². The van der Waals surface area contributed by atoms with Gasteiger partial charge >= 0.3 is 0 Å². The SMILES string of the molecule is Cc1cc2c(cnn2-c2ccc(F)cc2)cc1C12CN(C(=O)c3ccccn3)CC1C2c1ccccc1.Cc1ccc2cnn(-c3ccc(F)cc3)c2c1.O=C(c1ccccn1)N1CC2CC2C1.c1ccccc1. The van der Waals surface area contributed by atoms with E-state index in [1.807, 2.05) is 111 Å². The Kier molecular flexibility index (Phi) is 13.2. The number of rotatable bonds is 6. The van der Waals surface area contributed by atoms with Gasteiger partial charge in [-0.25, -0.2) is 18.1 Å². The molecule has 2 aliphatic heterocycles. The van der Waals surface area contributed by atoms with Gasteiger partial charge in [-0.3, -0.25) is 19.6 Å². The molecule has 0 spiro atoms. The van der Waals surface area contributed by atoms with Crippen molar-refractivity contribution in [2.75, 3.05) is 26.2 Å². The average Bonchev–Trinajstić information content (AvgIpc) is 3.95. The number of fused-ring (bicyclic) bond motifs is 4. The molecule has 5 atom stereocenters. The summed E-state index contributed by atoms with van der Waals surface area (Å²) in [5.41, 5.74) is 9.57. The van der Waals surface area contributed by atoms with Crippen LogP contribution in [0.2, 0.25) is 0 Å². The average molecular weight is 981 g/mol. The lowest BCUT2D eigenvalue weighted by atomic mass is 9.86. The van der Waals surface area contributed by atoms with E-state index in [-0.39, 0.29) is 28.9 Å². The largest absolute Gasteiger partial charge is 0.337 e. The summed E-state index contributed by atoms with van der Waals surface area (Å²) in [7, 11) is 0. The summed E-state index contributed by atoms with van der Waals surface area (Å²) in [6.07, 6.45) is 8.36. The maximum absolute atomic E-state index is 13.5. The Morgan fingerprint density at radius 2 is 1.05 bits per heavy atom. The number of nitrogens with zero attached hydrogens (tertiary/aromatic N) is 8. The fourth-order valence-electron chi connectivity index (χ4n) is 11.1. The fraction of sp³-hybridized carbons (Fsp3) is 0.194. The van der Waals surface area contributed by atoms with Gasteiger partial charge in [0, 0.05) is 60.7 Å². The van der Waals surface area contributed by atoms with Gasteiger partial charge in [0.2, 0.25) is 0 Å². The molecule has 2 aliphatic carbocycles. The highest BCUT2D eigenvalue weighted by molar-refractivity contribution is 5.93. The van der Waals surface area contributed by atoms with Gasteiger partial charge in [-0.15, -0.1) is 0 Å². The number of pyridine rings is 2. The minimum atomic E-state index is -0.268. The number of carbonyl (C=O) groups is 2. The molecule has 4 aliphatic rings. The van der Waals surface area contributed by atoms with Crippen LogP contribution in [0.3, 0.4) is 0 Å². The molecule has 2 saturated carbocycles. The molecule has 4 aromatic heterocycles. The first-order chi connectivity index (χ1) is 36.1.